The number of benzene rings is 1. The van der Waals surface area contributed by atoms with Crippen LogP contribution in [0.15, 0.2) is 24.3 Å². The van der Waals surface area contributed by atoms with Crippen LogP contribution >= 0.6 is 12.4 Å². The molecule has 0 aliphatic carbocycles. The molecule has 1 fully saturated rings. The smallest absolute Gasteiger partial charge is 0.278 e. The fourth-order valence-corrected chi connectivity index (χ4v) is 2.37. The van der Waals surface area contributed by atoms with Gasteiger partial charge < -0.3 is 14.8 Å². The Kier molecular flexibility index (Phi) is 5.59. The van der Waals surface area contributed by atoms with Crippen molar-refractivity contribution >= 4 is 23.4 Å². The highest BCUT2D eigenvalue weighted by molar-refractivity contribution is 5.85. The maximum absolute atomic E-state index is 5.82. The van der Waals surface area contributed by atoms with Gasteiger partial charge in [0.25, 0.3) is 11.8 Å². The molecule has 0 spiro atoms. The van der Waals surface area contributed by atoms with Crippen LogP contribution in [0.2, 0.25) is 0 Å². The van der Waals surface area contributed by atoms with E-state index in [9.17, 15) is 0 Å². The second kappa shape index (κ2) is 7.43. The van der Waals surface area contributed by atoms with E-state index in [0.29, 0.717) is 31.0 Å². The number of halogens is 1. The zero-order chi connectivity index (χ0) is 13.8. The Labute approximate surface area is 130 Å². The lowest BCUT2D eigenvalue weighted by molar-refractivity contribution is 0.239. The maximum Gasteiger partial charge on any atom is 0.278 e. The molecule has 3 rings (SSSR count). The third kappa shape index (κ3) is 3.74. The molecule has 1 aliphatic rings. The summed E-state index contributed by atoms with van der Waals surface area (Å²) in [7, 11) is 0. The number of ether oxygens (including phenoxy) is 2. The van der Waals surface area contributed by atoms with Crippen LogP contribution in [0.3, 0.4) is 0 Å². The molecule has 1 aromatic heterocycles. The van der Waals surface area contributed by atoms with E-state index in [1.807, 2.05) is 31.2 Å². The third-order valence-electron chi connectivity index (χ3n) is 3.37. The lowest BCUT2D eigenvalue weighted by atomic mass is 10.2. The van der Waals surface area contributed by atoms with Gasteiger partial charge in [-0.3, -0.25) is 0 Å². The number of rotatable bonds is 5. The first-order chi connectivity index (χ1) is 9.86. The molecule has 6 heteroatoms. The molecule has 0 radical (unpaired) electrons. The van der Waals surface area contributed by atoms with Crippen LogP contribution < -0.4 is 14.8 Å². The van der Waals surface area contributed by atoms with Crippen molar-refractivity contribution in [2.24, 2.45) is 0 Å². The SMILES string of the molecule is CCOc1nc2ccccc2nc1OCC1CCCN1.Cl. The first-order valence-corrected chi connectivity index (χ1v) is 7.12. The van der Waals surface area contributed by atoms with Crippen molar-refractivity contribution in [3.63, 3.8) is 0 Å². The fraction of sp³-hybridized carbons (Fsp3) is 0.467. The molecule has 0 saturated carbocycles. The molecule has 1 saturated heterocycles. The van der Waals surface area contributed by atoms with Crippen molar-refractivity contribution in [3.05, 3.63) is 24.3 Å². The average Bonchev–Trinajstić information content (AvgIpc) is 2.98. The summed E-state index contributed by atoms with van der Waals surface area (Å²) in [4.78, 5) is 9.00. The Morgan fingerprint density at radius 2 is 1.81 bits per heavy atom. The Morgan fingerprint density at radius 3 is 2.38 bits per heavy atom. The minimum atomic E-state index is 0. The first-order valence-electron chi connectivity index (χ1n) is 7.12. The second-order valence-corrected chi connectivity index (χ2v) is 4.86. The van der Waals surface area contributed by atoms with Crippen molar-refractivity contribution in [1.82, 2.24) is 15.3 Å². The van der Waals surface area contributed by atoms with Crippen molar-refractivity contribution in [2.45, 2.75) is 25.8 Å². The van der Waals surface area contributed by atoms with Gasteiger partial charge in [0.15, 0.2) is 0 Å². The number of fused-ring (bicyclic) bond motifs is 1. The van der Waals surface area contributed by atoms with Crippen LogP contribution in [-0.2, 0) is 0 Å². The monoisotopic (exact) mass is 309 g/mol. The molecule has 1 aliphatic heterocycles. The van der Waals surface area contributed by atoms with Crippen molar-refractivity contribution in [1.29, 1.82) is 0 Å². The number of nitrogens with one attached hydrogen (secondary N) is 1. The minimum Gasteiger partial charge on any atom is -0.474 e. The summed E-state index contributed by atoms with van der Waals surface area (Å²) in [5.74, 6) is 0.962. The van der Waals surface area contributed by atoms with Crippen molar-refractivity contribution < 1.29 is 9.47 Å². The molecule has 1 aromatic carbocycles. The van der Waals surface area contributed by atoms with Gasteiger partial charge in [0.1, 0.15) is 6.61 Å². The summed E-state index contributed by atoms with van der Waals surface area (Å²) in [6, 6.07) is 8.14. The first kappa shape index (κ1) is 15.8. The van der Waals surface area contributed by atoms with E-state index in [4.69, 9.17) is 9.47 Å². The standard InChI is InChI=1S/C15H19N3O2.ClH/c1-2-19-14-15(20-10-11-6-5-9-16-11)18-13-8-4-3-7-12(13)17-14;/h3-4,7-8,11,16H,2,5-6,9-10H2,1H3;1H. The van der Waals surface area contributed by atoms with Crippen LogP contribution in [0, 0.1) is 0 Å². The van der Waals surface area contributed by atoms with E-state index in [1.165, 1.54) is 6.42 Å². The predicted octanol–water partition coefficient (Wildman–Crippen LogP) is 2.58. The molecule has 21 heavy (non-hydrogen) atoms. The van der Waals surface area contributed by atoms with Gasteiger partial charge in [0.2, 0.25) is 0 Å². The van der Waals surface area contributed by atoms with Crippen LogP contribution in [0.1, 0.15) is 19.8 Å². The van der Waals surface area contributed by atoms with Gasteiger partial charge in [-0.25, -0.2) is 9.97 Å². The van der Waals surface area contributed by atoms with Crippen molar-refractivity contribution in [2.75, 3.05) is 19.8 Å². The molecule has 1 unspecified atom stereocenters. The molecule has 1 atom stereocenters. The largest absolute Gasteiger partial charge is 0.474 e. The van der Waals surface area contributed by atoms with Crippen LogP contribution in [0.25, 0.3) is 11.0 Å². The van der Waals surface area contributed by atoms with Gasteiger partial charge in [-0.15, -0.1) is 12.4 Å². The third-order valence-corrected chi connectivity index (χ3v) is 3.37. The van der Waals surface area contributed by atoms with E-state index in [0.717, 1.165) is 24.0 Å². The highest BCUT2D eigenvalue weighted by atomic mass is 35.5. The highest BCUT2D eigenvalue weighted by Gasteiger charge is 2.17. The molecule has 1 N–H and O–H groups in total. The van der Waals surface area contributed by atoms with Gasteiger partial charge >= 0.3 is 0 Å². The van der Waals surface area contributed by atoms with Crippen LogP contribution in [-0.4, -0.2) is 35.8 Å². The summed E-state index contributed by atoms with van der Waals surface area (Å²) in [6.07, 6.45) is 2.35. The van der Waals surface area contributed by atoms with Gasteiger partial charge in [-0.05, 0) is 38.4 Å². The maximum atomic E-state index is 5.82. The van der Waals surface area contributed by atoms with E-state index in [1.54, 1.807) is 0 Å². The molecule has 0 bridgehead atoms. The minimum absolute atomic E-state index is 0. The second-order valence-electron chi connectivity index (χ2n) is 4.86. The Bertz CT molecular complexity index is 588. The number of aromatic nitrogens is 2. The summed E-state index contributed by atoms with van der Waals surface area (Å²) < 4.78 is 11.4. The number of hydrogen-bond acceptors (Lipinski definition) is 5. The highest BCUT2D eigenvalue weighted by Crippen LogP contribution is 2.26. The molecule has 114 valence electrons. The van der Waals surface area contributed by atoms with E-state index < -0.39 is 0 Å². The van der Waals surface area contributed by atoms with Gasteiger partial charge in [0, 0.05) is 6.04 Å². The zero-order valence-corrected chi connectivity index (χ0v) is 12.9. The Hall–Kier alpha value is -1.59. The quantitative estimate of drug-likeness (QED) is 0.920. The summed E-state index contributed by atoms with van der Waals surface area (Å²) >= 11 is 0. The molecular formula is C15H20ClN3O2. The van der Waals surface area contributed by atoms with Gasteiger partial charge in [-0.2, -0.15) is 0 Å². The lowest BCUT2D eigenvalue weighted by Gasteiger charge is -2.14. The molecule has 5 nitrogen and oxygen atoms in total. The average molecular weight is 310 g/mol. The number of hydrogen-bond donors (Lipinski definition) is 1. The van der Waals surface area contributed by atoms with Crippen LogP contribution in [0.4, 0.5) is 0 Å². The van der Waals surface area contributed by atoms with E-state index in [2.05, 4.69) is 15.3 Å². The Balaban J connectivity index is 0.00000161. The zero-order valence-electron chi connectivity index (χ0n) is 12.0. The summed E-state index contributed by atoms with van der Waals surface area (Å²) in [5.41, 5.74) is 1.65. The Morgan fingerprint density at radius 1 is 1.14 bits per heavy atom. The van der Waals surface area contributed by atoms with E-state index in [-0.39, 0.29) is 12.4 Å². The molecular weight excluding hydrogens is 290 g/mol. The lowest BCUT2D eigenvalue weighted by Crippen LogP contribution is -2.28. The van der Waals surface area contributed by atoms with E-state index >= 15 is 0 Å². The van der Waals surface area contributed by atoms with Gasteiger partial charge in [-0.1, -0.05) is 12.1 Å². The summed E-state index contributed by atoms with van der Waals surface area (Å²) in [5, 5.41) is 3.40. The van der Waals surface area contributed by atoms with Crippen LogP contribution in [0.5, 0.6) is 11.8 Å². The van der Waals surface area contributed by atoms with Crippen molar-refractivity contribution in [3.8, 4) is 11.8 Å². The van der Waals surface area contributed by atoms with Gasteiger partial charge in [0.05, 0.1) is 17.6 Å². The fourth-order valence-electron chi connectivity index (χ4n) is 2.37. The molecule has 2 heterocycles. The molecule has 0 amide bonds. The number of nitrogens with zero attached hydrogens (tertiary/aromatic N) is 2. The molecule has 2 aromatic rings. The normalized spacial score (nSPS) is 17.5. The topological polar surface area (TPSA) is 56.3 Å². The predicted molar refractivity (Wildman–Crippen MR) is 84.5 cm³/mol. The summed E-state index contributed by atoms with van der Waals surface area (Å²) in [6.45, 7) is 4.15. The number of para-hydroxylation sites is 2.